The fourth-order valence-corrected chi connectivity index (χ4v) is 2.22. The first-order chi connectivity index (χ1) is 10.6. The minimum absolute atomic E-state index is 0.0265. The molecular formula is C19H23NO2. The summed E-state index contributed by atoms with van der Waals surface area (Å²) < 4.78 is 5.58. The van der Waals surface area contributed by atoms with Gasteiger partial charge in [-0.1, -0.05) is 56.3 Å². The second kappa shape index (κ2) is 7.64. The standard InChI is InChI=1S/C19H23NO2/c1-14(2)17-10-7-11-18(12-17)22-13-19(21)20-15(3)16-8-5-4-6-9-16/h4-12,14-15H,13H2,1-3H3,(H,20,21)/t15-/m1/s1. The zero-order chi connectivity index (χ0) is 15.9. The first-order valence-electron chi connectivity index (χ1n) is 7.63. The maximum Gasteiger partial charge on any atom is 0.258 e. The van der Waals surface area contributed by atoms with E-state index in [4.69, 9.17) is 4.74 Å². The Hall–Kier alpha value is -2.29. The van der Waals surface area contributed by atoms with Crippen LogP contribution in [0.4, 0.5) is 0 Å². The van der Waals surface area contributed by atoms with Crippen LogP contribution in [0.2, 0.25) is 0 Å². The Morgan fingerprint density at radius 2 is 1.68 bits per heavy atom. The van der Waals surface area contributed by atoms with E-state index >= 15 is 0 Å². The van der Waals surface area contributed by atoms with Crippen molar-refractivity contribution in [3.63, 3.8) is 0 Å². The van der Waals surface area contributed by atoms with Crippen molar-refractivity contribution in [2.75, 3.05) is 6.61 Å². The quantitative estimate of drug-likeness (QED) is 0.873. The van der Waals surface area contributed by atoms with Crippen molar-refractivity contribution in [3.8, 4) is 5.75 Å². The van der Waals surface area contributed by atoms with Gasteiger partial charge in [0.05, 0.1) is 6.04 Å². The molecule has 1 N–H and O–H groups in total. The van der Waals surface area contributed by atoms with E-state index in [0.29, 0.717) is 5.92 Å². The average Bonchev–Trinajstić information content (AvgIpc) is 2.54. The van der Waals surface area contributed by atoms with Gasteiger partial charge in [-0.15, -0.1) is 0 Å². The van der Waals surface area contributed by atoms with Gasteiger partial charge in [0.25, 0.3) is 5.91 Å². The lowest BCUT2D eigenvalue weighted by Crippen LogP contribution is -2.31. The van der Waals surface area contributed by atoms with Crippen molar-refractivity contribution in [1.82, 2.24) is 5.32 Å². The molecule has 1 atom stereocenters. The van der Waals surface area contributed by atoms with Crippen molar-refractivity contribution in [2.24, 2.45) is 0 Å². The van der Waals surface area contributed by atoms with Crippen molar-refractivity contribution in [2.45, 2.75) is 32.7 Å². The van der Waals surface area contributed by atoms with Crippen LogP contribution in [0.3, 0.4) is 0 Å². The molecule has 0 fully saturated rings. The van der Waals surface area contributed by atoms with Gasteiger partial charge < -0.3 is 10.1 Å². The number of rotatable bonds is 6. The van der Waals surface area contributed by atoms with E-state index in [1.54, 1.807) is 0 Å². The molecule has 3 nitrogen and oxygen atoms in total. The summed E-state index contributed by atoms with van der Waals surface area (Å²) >= 11 is 0. The summed E-state index contributed by atoms with van der Waals surface area (Å²) in [6.45, 7) is 6.26. The number of amides is 1. The fourth-order valence-electron chi connectivity index (χ4n) is 2.22. The highest BCUT2D eigenvalue weighted by Gasteiger charge is 2.10. The molecule has 0 saturated heterocycles. The molecule has 0 aliphatic heterocycles. The largest absolute Gasteiger partial charge is 0.484 e. The third-order valence-corrected chi connectivity index (χ3v) is 3.57. The summed E-state index contributed by atoms with van der Waals surface area (Å²) in [5.41, 5.74) is 2.29. The molecule has 0 saturated carbocycles. The number of nitrogens with one attached hydrogen (secondary N) is 1. The number of hydrogen-bond donors (Lipinski definition) is 1. The minimum Gasteiger partial charge on any atom is -0.484 e. The second-order valence-electron chi connectivity index (χ2n) is 5.72. The predicted molar refractivity (Wildman–Crippen MR) is 89.0 cm³/mol. The molecule has 1 amide bonds. The maximum absolute atomic E-state index is 12.0. The number of carbonyl (C=O) groups excluding carboxylic acids is 1. The smallest absolute Gasteiger partial charge is 0.258 e. The number of hydrogen-bond acceptors (Lipinski definition) is 2. The Morgan fingerprint density at radius 3 is 2.36 bits per heavy atom. The van der Waals surface area contributed by atoms with Crippen molar-refractivity contribution < 1.29 is 9.53 Å². The predicted octanol–water partition coefficient (Wildman–Crippen LogP) is 4.07. The molecule has 0 heterocycles. The third-order valence-electron chi connectivity index (χ3n) is 3.57. The van der Waals surface area contributed by atoms with Gasteiger partial charge in [-0.2, -0.15) is 0 Å². The van der Waals surface area contributed by atoms with Crippen molar-refractivity contribution in [1.29, 1.82) is 0 Å². The molecule has 0 radical (unpaired) electrons. The van der Waals surface area contributed by atoms with Crippen LogP contribution >= 0.6 is 0 Å². The van der Waals surface area contributed by atoms with E-state index < -0.39 is 0 Å². The van der Waals surface area contributed by atoms with Crippen LogP contribution in [0.15, 0.2) is 54.6 Å². The molecule has 0 aliphatic rings. The van der Waals surface area contributed by atoms with E-state index in [-0.39, 0.29) is 18.6 Å². The summed E-state index contributed by atoms with van der Waals surface area (Å²) in [4.78, 5) is 12.0. The van der Waals surface area contributed by atoms with E-state index in [9.17, 15) is 4.79 Å². The van der Waals surface area contributed by atoms with E-state index in [1.165, 1.54) is 5.56 Å². The van der Waals surface area contributed by atoms with Gasteiger partial charge in [0, 0.05) is 0 Å². The fraction of sp³-hybridized carbons (Fsp3) is 0.316. The molecule has 116 valence electrons. The van der Waals surface area contributed by atoms with Crippen molar-refractivity contribution in [3.05, 3.63) is 65.7 Å². The lowest BCUT2D eigenvalue weighted by atomic mass is 10.0. The Bertz CT molecular complexity index is 608. The highest BCUT2D eigenvalue weighted by Crippen LogP contribution is 2.20. The summed E-state index contributed by atoms with van der Waals surface area (Å²) in [7, 11) is 0. The highest BCUT2D eigenvalue weighted by molar-refractivity contribution is 5.78. The SMILES string of the molecule is CC(C)c1cccc(OCC(=O)N[C@H](C)c2ccccc2)c1. The molecular weight excluding hydrogens is 274 g/mol. The van der Waals surface area contributed by atoms with E-state index in [1.807, 2.05) is 55.5 Å². The number of carbonyl (C=O) groups is 1. The third kappa shape index (κ3) is 4.62. The van der Waals surface area contributed by atoms with Crippen LogP contribution in [0.1, 0.15) is 43.9 Å². The molecule has 0 unspecified atom stereocenters. The highest BCUT2D eigenvalue weighted by atomic mass is 16.5. The van der Waals surface area contributed by atoms with Gasteiger partial charge in [0.2, 0.25) is 0 Å². The Balaban J connectivity index is 1.86. The Labute approximate surface area is 132 Å². The zero-order valence-electron chi connectivity index (χ0n) is 13.4. The summed E-state index contributed by atoms with van der Waals surface area (Å²) in [5.74, 6) is 1.05. The van der Waals surface area contributed by atoms with Gasteiger partial charge >= 0.3 is 0 Å². The summed E-state index contributed by atoms with van der Waals surface area (Å²) in [6, 6.07) is 17.7. The van der Waals surface area contributed by atoms with Crippen LogP contribution in [0, 0.1) is 0 Å². The van der Waals surface area contributed by atoms with E-state index in [0.717, 1.165) is 11.3 Å². The van der Waals surface area contributed by atoms with Crippen LogP contribution < -0.4 is 10.1 Å². The van der Waals surface area contributed by atoms with Crippen LogP contribution in [-0.4, -0.2) is 12.5 Å². The minimum atomic E-state index is -0.119. The summed E-state index contributed by atoms with van der Waals surface area (Å²) in [6.07, 6.45) is 0. The molecule has 2 aromatic rings. The molecule has 2 rings (SSSR count). The Kier molecular flexibility index (Phi) is 5.59. The average molecular weight is 297 g/mol. The molecule has 0 aromatic heterocycles. The monoisotopic (exact) mass is 297 g/mol. The van der Waals surface area contributed by atoms with Crippen LogP contribution in [0.5, 0.6) is 5.75 Å². The number of ether oxygens (including phenoxy) is 1. The normalized spacial score (nSPS) is 12.0. The topological polar surface area (TPSA) is 38.3 Å². The molecule has 0 spiro atoms. The first kappa shape index (κ1) is 16.1. The molecule has 0 bridgehead atoms. The second-order valence-corrected chi connectivity index (χ2v) is 5.72. The molecule has 2 aromatic carbocycles. The lowest BCUT2D eigenvalue weighted by Gasteiger charge is -2.15. The molecule has 3 heteroatoms. The van der Waals surface area contributed by atoms with Gasteiger partial charge in [0.15, 0.2) is 6.61 Å². The molecule has 22 heavy (non-hydrogen) atoms. The summed E-state index contributed by atoms with van der Waals surface area (Å²) in [5, 5.41) is 2.94. The van der Waals surface area contributed by atoms with Gasteiger partial charge in [-0.3, -0.25) is 4.79 Å². The lowest BCUT2D eigenvalue weighted by molar-refractivity contribution is -0.123. The van der Waals surface area contributed by atoms with Gasteiger partial charge in [-0.25, -0.2) is 0 Å². The molecule has 0 aliphatic carbocycles. The van der Waals surface area contributed by atoms with Crippen molar-refractivity contribution >= 4 is 5.91 Å². The van der Waals surface area contributed by atoms with Crippen LogP contribution in [-0.2, 0) is 4.79 Å². The first-order valence-corrected chi connectivity index (χ1v) is 7.63. The van der Waals surface area contributed by atoms with E-state index in [2.05, 4.69) is 25.2 Å². The number of benzene rings is 2. The van der Waals surface area contributed by atoms with Gasteiger partial charge in [-0.05, 0) is 36.1 Å². The van der Waals surface area contributed by atoms with Gasteiger partial charge in [0.1, 0.15) is 5.75 Å². The maximum atomic E-state index is 12.0. The zero-order valence-corrected chi connectivity index (χ0v) is 13.4. The van der Waals surface area contributed by atoms with Crippen LogP contribution in [0.25, 0.3) is 0 Å². The Morgan fingerprint density at radius 1 is 1.00 bits per heavy atom.